The number of ether oxygens (including phenoxy) is 1. The molecule has 0 fully saturated rings. The minimum atomic E-state index is 0.640. The summed E-state index contributed by atoms with van der Waals surface area (Å²) < 4.78 is 8.25. The molecule has 0 atom stereocenters. The van der Waals surface area contributed by atoms with E-state index in [4.69, 9.17) is 4.74 Å². The van der Waals surface area contributed by atoms with Crippen LogP contribution >= 0.6 is 31.9 Å². The SMILES string of the molecule is COCCn1c(CBr)nnc1-c1ccc(Br)cc1. The molecule has 0 unspecified atom stereocenters. The Bertz CT molecular complexity index is 511. The van der Waals surface area contributed by atoms with Crippen LogP contribution in [-0.4, -0.2) is 28.5 Å². The third kappa shape index (κ3) is 2.99. The zero-order valence-electron chi connectivity index (χ0n) is 9.94. The molecule has 1 aromatic carbocycles. The van der Waals surface area contributed by atoms with E-state index in [0.717, 1.165) is 28.2 Å². The van der Waals surface area contributed by atoms with E-state index in [1.54, 1.807) is 7.11 Å². The summed E-state index contributed by atoms with van der Waals surface area (Å²) in [5.74, 6) is 1.78. The summed E-state index contributed by atoms with van der Waals surface area (Å²) in [6.07, 6.45) is 0. The van der Waals surface area contributed by atoms with Gasteiger partial charge >= 0.3 is 0 Å². The van der Waals surface area contributed by atoms with E-state index in [0.29, 0.717) is 11.9 Å². The van der Waals surface area contributed by atoms with Crippen LogP contribution in [0.25, 0.3) is 11.4 Å². The lowest BCUT2D eigenvalue weighted by molar-refractivity contribution is 0.187. The Morgan fingerprint density at radius 3 is 2.56 bits per heavy atom. The number of halogens is 2. The van der Waals surface area contributed by atoms with Gasteiger partial charge in [-0.2, -0.15) is 0 Å². The third-order valence-corrected chi connectivity index (χ3v) is 3.60. The van der Waals surface area contributed by atoms with Gasteiger partial charge in [-0.3, -0.25) is 0 Å². The monoisotopic (exact) mass is 373 g/mol. The Morgan fingerprint density at radius 1 is 1.22 bits per heavy atom. The van der Waals surface area contributed by atoms with Crippen molar-refractivity contribution in [2.24, 2.45) is 0 Å². The predicted molar refractivity (Wildman–Crippen MR) is 77.7 cm³/mol. The molecule has 96 valence electrons. The molecule has 2 rings (SSSR count). The van der Waals surface area contributed by atoms with E-state index in [9.17, 15) is 0 Å². The van der Waals surface area contributed by atoms with Crippen molar-refractivity contribution in [2.45, 2.75) is 11.9 Å². The normalized spacial score (nSPS) is 10.8. The van der Waals surface area contributed by atoms with Crippen molar-refractivity contribution in [1.29, 1.82) is 0 Å². The van der Waals surface area contributed by atoms with Crippen LogP contribution < -0.4 is 0 Å². The quantitative estimate of drug-likeness (QED) is 0.754. The molecule has 4 nitrogen and oxygen atoms in total. The molecular formula is C12H13Br2N3O. The Labute approximate surface area is 123 Å². The van der Waals surface area contributed by atoms with Crippen molar-refractivity contribution in [3.63, 3.8) is 0 Å². The molecule has 0 spiro atoms. The topological polar surface area (TPSA) is 39.9 Å². The van der Waals surface area contributed by atoms with Crippen molar-refractivity contribution in [3.05, 3.63) is 34.6 Å². The molecule has 2 aromatic rings. The molecule has 0 bridgehead atoms. The minimum Gasteiger partial charge on any atom is -0.383 e. The first-order valence-corrected chi connectivity index (χ1v) is 7.40. The molecule has 0 saturated heterocycles. The standard InChI is InChI=1S/C12H13Br2N3O/c1-18-7-6-17-11(8-13)15-16-12(17)9-2-4-10(14)5-3-9/h2-5H,6-8H2,1H3. The maximum absolute atomic E-state index is 5.13. The highest BCUT2D eigenvalue weighted by Crippen LogP contribution is 2.21. The highest BCUT2D eigenvalue weighted by Gasteiger charge is 2.12. The van der Waals surface area contributed by atoms with Crippen LogP contribution in [0.15, 0.2) is 28.7 Å². The van der Waals surface area contributed by atoms with Gasteiger partial charge in [0.2, 0.25) is 0 Å². The van der Waals surface area contributed by atoms with Gasteiger partial charge in [0.15, 0.2) is 5.82 Å². The first-order chi connectivity index (χ1) is 8.76. The molecule has 0 aliphatic carbocycles. The first-order valence-electron chi connectivity index (χ1n) is 5.49. The largest absolute Gasteiger partial charge is 0.383 e. The lowest BCUT2D eigenvalue weighted by Crippen LogP contribution is -2.09. The van der Waals surface area contributed by atoms with Crippen LogP contribution in [0.1, 0.15) is 5.82 Å². The molecule has 0 saturated carbocycles. The second-order valence-corrected chi connectivity index (χ2v) is 5.20. The number of hydrogen-bond donors (Lipinski definition) is 0. The number of rotatable bonds is 5. The van der Waals surface area contributed by atoms with Gasteiger partial charge in [-0.25, -0.2) is 0 Å². The molecule has 6 heteroatoms. The van der Waals surface area contributed by atoms with Gasteiger partial charge in [0.1, 0.15) is 5.82 Å². The van der Waals surface area contributed by atoms with E-state index >= 15 is 0 Å². The van der Waals surface area contributed by atoms with E-state index in [2.05, 4.69) is 46.6 Å². The predicted octanol–water partition coefficient (Wildman–Crippen LogP) is 3.25. The third-order valence-electron chi connectivity index (χ3n) is 2.57. The maximum Gasteiger partial charge on any atom is 0.164 e. The van der Waals surface area contributed by atoms with Crippen LogP contribution in [0.4, 0.5) is 0 Å². The molecule has 0 N–H and O–H groups in total. The van der Waals surface area contributed by atoms with Crippen molar-refractivity contribution < 1.29 is 4.74 Å². The lowest BCUT2D eigenvalue weighted by atomic mass is 10.2. The Hall–Kier alpha value is -0.720. The van der Waals surface area contributed by atoms with E-state index in [-0.39, 0.29) is 0 Å². The fraction of sp³-hybridized carbons (Fsp3) is 0.333. The van der Waals surface area contributed by atoms with Crippen molar-refractivity contribution in [2.75, 3.05) is 13.7 Å². The number of benzene rings is 1. The van der Waals surface area contributed by atoms with Crippen LogP contribution in [0, 0.1) is 0 Å². The van der Waals surface area contributed by atoms with E-state index in [1.807, 2.05) is 24.3 Å². The molecule has 0 amide bonds. The smallest absolute Gasteiger partial charge is 0.164 e. The highest BCUT2D eigenvalue weighted by molar-refractivity contribution is 9.10. The second-order valence-electron chi connectivity index (χ2n) is 3.72. The Balaban J connectivity index is 2.37. The first kappa shape index (κ1) is 13.7. The average molecular weight is 375 g/mol. The van der Waals surface area contributed by atoms with Gasteiger partial charge in [-0.05, 0) is 12.1 Å². The van der Waals surface area contributed by atoms with Crippen LogP contribution in [0.3, 0.4) is 0 Å². The summed E-state index contributed by atoms with van der Waals surface area (Å²) in [7, 11) is 1.69. The summed E-state index contributed by atoms with van der Waals surface area (Å²) in [6.45, 7) is 1.39. The van der Waals surface area contributed by atoms with Gasteiger partial charge in [0.05, 0.1) is 11.9 Å². The van der Waals surface area contributed by atoms with Crippen LogP contribution in [-0.2, 0) is 16.6 Å². The van der Waals surface area contributed by atoms with Crippen molar-refractivity contribution in [1.82, 2.24) is 14.8 Å². The summed E-state index contributed by atoms with van der Waals surface area (Å²) in [5.41, 5.74) is 1.05. The van der Waals surface area contributed by atoms with Gasteiger partial charge in [-0.15, -0.1) is 10.2 Å². The molecule has 1 aromatic heterocycles. The summed E-state index contributed by atoms with van der Waals surface area (Å²) >= 11 is 6.85. The van der Waals surface area contributed by atoms with Crippen molar-refractivity contribution in [3.8, 4) is 11.4 Å². The summed E-state index contributed by atoms with van der Waals surface area (Å²) in [4.78, 5) is 0. The zero-order chi connectivity index (χ0) is 13.0. The Morgan fingerprint density at radius 2 is 1.94 bits per heavy atom. The average Bonchev–Trinajstić information content (AvgIpc) is 2.80. The number of methoxy groups -OCH3 is 1. The summed E-state index contributed by atoms with van der Waals surface area (Å²) in [6, 6.07) is 8.04. The second kappa shape index (κ2) is 6.45. The molecule has 1 heterocycles. The van der Waals surface area contributed by atoms with Gasteiger partial charge in [0.25, 0.3) is 0 Å². The number of alkyl halides is 1. The minimum absolute atomic E-state index is 0.640. The molecule has 0 aliphatic heterocycles. The number of aromatic nitrogens is 3. The van der Waals surface area contributed by atoms with Gasteiger partial charge < -0.3 is 9.30 Å². The molecular weight excluding hydrogens is 362 g/mol. The fourth-order valence-corrected chi connectivity index (χ4v) is 2.34. The molecule has 18 heavy (non-hydrogen) atoms. The highest BCUT2D eigenvalue weighted by atomic mass is 79.9. The summed E-state index contributed by atoms with van der Waals surface area (Å²) in [5, 5.41) is 9.12. The number of nitrogens with zero attached hydrogens (tertiary/aromatic N) is 3. The van der Waals surface area contributed by atoms with Gasteiger partial charge in [-0.1, -0.05) is 44.0 Å². The molecule has 0 aliphatic rings. The van der Waals surface area contributed by atoms with Crippen LogP contribution in [0.5, 0.6) is 0 Å². The Kier molecular flexibility index (Phi) is 4.91. The van der Waals surface area contributed by atoms with Crippen LogP contribution in [0.2, 0.25) is 0 Å². The maximum atomic E-state index is 5.13. The van der Waals surface area contributed by atoms with E-state index < -0.39 is 0 Å². The van der Waals surface area contributed by atoms with E-state index in [1.165, 1.54) is 0 Å². The fourth-order valence-electron chi connectivity index (χ4n) is 1.66. The number of hydrogen-bond acceptors (Lipinski definition) is 3. The zero-order valence-corrected chi connectivity index (χ0v) is 13.1. The van der Waals surface area contributed by atoms with Gasteiger partial charge in [0, 0.05) is 23.7 Å². The molecule has 0 radical (unpaired) electrons. The lowest BCUT2D eigenvalue weighted by Gasteiger charge is -2.08. The van der Waals surface area contributed by atoms with Crippen molar-refractivity contribution >= 4 is 31.9 Å².